The predicted octanol–water partition coefficient (Wildman–Crippen LogP) is 3.71. The van der Waals surface area contributed by atoms with E-state index in [1.54, 1.807) is 24.3 Å². The Morgan fingerprint density at radius 1 is 1.10 bits per heavy atom. The third-order valence-corrected chi connectivity index (χ3v) is 4.22. The van der Waals surface area contributed by atoms with Gasteiger partial charge in [-0.1, -0.05) is 49.4 Å². The lowest BCUT2D eigenvalue weighted by Gasteiger charge is -2.17. The monoisotopic (exact) mass is 404 g/mol. The first-order valence-electron chi connectivity index (χ1n) is 9.72. The van der Waals surface area contributed by atoms with Crippen LogP contribution in [0, 0.1) is 0 Å². The van der Waals surface area contributed by atoms with Crippen molar-refractivity contribution >= 4 is 23.7 Å². The van der Waals surface area contributed by atoms with Crippen molar-refractivity contribution < 1.29 is 14.3 Å². The Hall–Kier alpha value is -3.87. The van der Waals surface area contributed by atoms with Gasteiger partial charge >= 0.3 is 0 Å². The molecule has 2 aromatic carbocycles. The zero-order valence-electron chi connectivity index (χ0n) is 16.7. The van der Waals surface area contributed by atoms with Crippen LogP contribution in [0.3, 0.4) is 0 Å². The standard InChI is InChI=1S/C23H24N4O3/c1-2-16-30-19-11-8-17(9-12-19)10-13-21(28)26-22(18-6-4-3-5-7-18)23(29)25-20-14-15-24-27-20/h3-15,22H,2,16H2,1H3,(H,26,28)(H2,24,25,27,29)/b13-10+. The zero-order chi connectivity index (χ0) is 21.2. The molecule has 0 saturated heterocycles. The number of hydrogen-bond acceptors (Lipinski definition) is 4. The molecule has 2 amide bonds. The number of aromatic amines is 1. The summed E-state index contributed by atoms with van der Waals surface area (Å²) in [5.74, 6) is 0.494. The molecule has 0 fully saturated rings. The van der Waals surface area contributed by atoms with Gasteiger partial charge in [-0.3, -0.25) is 14.7 Å². The normalized spacial score (nSPS) is 11.8. The third-order valence-electron chi connectivity index (χ3n) is 4.22. The zero-order valence-corrected chi connectivity index (χ0v) is 16.7. The highest BCUT2D eigenvalue weighted by Gasteiger charge is 2.22. The van der Waals surface area contributed by atoms with Gasteiger partial charge in [0.1, 0.15) is 17.6 Å². The maximum atomic E-state index is 12.7. The Kier molecular flexibility index (Phi) is 7.38. The van der Waals surface area contributed by atoms with Crippen molar-refractivity contribution in [3.05, 3.63) is 84.1 Å². The minimum atomic E-state index is -0.850. The predicted molar refractivity (Wildman–Crippen MR) is 116 cm³/mol. The molecule has 0 aliphatic rings. The van der Waals surface area contributed by atoms with E-state index in [0.717, 1.165) is 17.7 Å². The van der Waals surface area contributed by atoms with Gasteiger partial charge in [-0.25, -0.2) is 0 Å². The van der Waals surface area contributed by atoms with E-state index in [9.17, 15) is 9.59 Å². The van der Waals surface area contributed by atoms with E-state index < -0.39 is 6.04 Å². The summed E-state index contributed by atoms with van der Waals surface area (Å²) in [5, 5.41) is 12.0. The fourth-order valence-electron chi connectivity index (χ4n) is 2.73. The molecule has 1 aromatic heterocycles. The molecule has 7 nitrogen and oxygen atoms in total. The number of nitrogens with zero attached hydrogens (tertiary/aromatic N) is 1. The highest BCUT2D eigenvalue weighted by Crippen LogP contribution is 2.16. The van der Waals surface area contributed by atoms with E-state index in [1.807, 2.05) is 49.4 Å². The highest BCUT2D eigenvalue weighted by molar-refractivity contribution is 6.00. The molecule has 30 heavy (non-hydrogen) atoms. The van der Waals surface area contributed by atoms with Crippen LogP contribution in [-0.4, -0.2) is 28.6 Å². The van der Waals surface area contributed by atoms with Crippen molar-refractivity contribution in [3.63, 3.8) is 0 Å². The van der Waals surface area contributed by atoms with E-state index in [0.29, 0.717) is 18.0 Å². The van der Waals surface area contributed by atoms with E-state index in [1.165, 1.54) is 12.3 Å². The maximum Gasteiger partial charge on any atom is 0.252 e. The first kappa shape index (κ1) is 20.9. The Morgan fingerprint density at radius 3 is 2.53 bits per heavy atom. The van der Waals surface area contributed by atoms with Gasteiger partial charge < -0.3 is 15.4 Å². The molecule has 0 bridgehead atoms. The number of nitrogens with one attached hydrogen (secondary N) is 3. The molecule has 0 radical (unpaired) electrons. The molecule has 1 atom stereocenters. The van der Waals surface area contributed by atoms with Crippen LogP contribution < -0.4 is 15.4 Å². The van der Waals surface area contributed by atoms with Gasteiger partial charge in [0.15, 0.2) is 0 Å². The summed E-state index contributed by atoms with van der Waals surface area (Å²) >= 11 is 0. The lowest BCUT2D eigenvalue weighted by molar-refractivity contribution is -0.124. The Labute approximate surface area is 175 Å². The molecule has 3 rings (SSSR count). The van der Waals surface area contributed by atoms with Crippen LogP contribution in [0.2, 0.25) is 0 Å². The van der Waals surface area contributed by atoms with Gasteiger partial charge in [0.25, 0.3) is 5.91 Å². The number of aromatic nitrogens is 2. The van der Waals surface area contributed by atoms with Gasteiger partial charge in [-0.15, -0.1) is 0 Å². The van der Waals surface area contributed by atoms with Crippen molar-refractivity contribution in [1.29, 1.82) is 0 Å². The summed E-state index contributed by atoms with van der Waals surface area (Å²) in [6, 6.07) is 17.3. The Balaban J connectivity index is 1.66. The molecule has 3 N–H and O–H groups in total. The molecule has 0 aliphatic heterocycles. The number of carbonyl (C=O) groups is 2. The molecule has 1 heterocycles. The third kappa shape index (κ3) is 6.07. The minimum absolute atomic E-state index is 0.371. The van der Waals surface area contributed by atoms with E-state index in [-0.39, 0.29) is 11.8 Å². The van der Waals surface area contributed by atoms with Crippen molar-refractivity contribution in [2.45, 2.75) is 19.4 Å². The van der Waals surface area contributed by atoms with Gasteiger partial charge in [-0.2, -0.15) is 5.10 Å². The van der Waals surface area contributed by atoms with Crippen LogP contribution in [0.25, 0.3) is 6.08 Å². The fourth-order valence-corrected chi connectivity index (χ4v) is 2.73. The number of rotatable bonds is 9. The largest absolute Gasteiger partial charge is 0.494 e. The Morgan fingerprint density at radius 2 is 1.87 bits per heavy atom. The molecule has 0 aliphatic carbocycles. The maximum absolute atomic E-state index is 12.7. The number of carbonyl (C=O) groups excluding carboxylic acids is 2. The molecule has 0 saturated carbocycles. The number of benzene rings is 2. The van der Waals surface area contributed by atoms with Gasteiger partial charge in [-0.05, 0) is 35.8 Å². The lowest BCUT2D eigenvalue weighted by atomic mass is 10.1. The SMILES string of the molecule is CCCOc1ccc(/C=C/C(=O)NC(C(=O)Nc2ccn[nH]2)c2ccccc2)cc1. The topological polar surface area (TPSA) is 96.1 Å². The second-order valence-corrected chi connectivity index (χ2v) is 6.56. The Bertz CT molecular complexity index is 967. The molecule has 0 spiro atoms. The molecular weight excluding hydrogens is 380 g/mol. The molecule has 1 unspecified atom stereocenters. The van der Waals surface area contributed by atoms with E-state index in [2.05, 4.69) is 20.8 Å². The number of hydrogen-bond donors (Lipinski definition) is 3. The number of ether oxygens (including phenoxy) is 1. The average Bonchev–Trinajstić information content (AvgIpc) is 3.29. The second-order valence-electron chi connectivity index (χ2n) is 6.56. The van der Waals surface area contributed by atoms with Crippen LogP contribution >= 0.6 is 0 Å². The quantitative estimate of drug-likeness (QED) is 0.474. The van der Waals surface area contributed by atoms with Crippen molar-refractivity contribution in [2.24, 2.45) is 0 Å². The summed E-state index contributed by atoms with van der Waals surface area (Å²) in [5.41, 5.74) is 1.53. The molecule has 3 aromatic rings. The van der Waals surface area contributed by atoms with Crippen molar-refractivity contribution in [1.82, 2.24) is 15.5 Å². The summed E-state index contributed by atoms with van der Waals surface area (Å²) in [6.45, 7) is 2.72. The number of amides is 2. The molecule has 7 heteroatoms. The molecule has 154 valence electrons. The van der Waals surface area contributed by atoms with Crippen LogP contribution in [-0.2, 0) is 9.59 Å². The smallest absolute Gasteiger partial charge is 0.252 e. The molecular formula is C23H24N4O3. The van der Waals surface area contributed by atoms with Crippen LogP contribution in [0.5, 0.6) is 5.75 Å². The summed E-state index contributed by atoms with van der Waals surface area (Å²) in [7, 11) is 0. The van der Waals surface area contributed by atoms with Gasteiger partial charge in [0.2, 0.25) is 5.91 Å². The highest BCUT2D eigenvalue weighted by atomic mass is 16.5. The van der Waals surface area contributed by atoms with Gasteiger partial charge in [0, 0.05) is 12.1 Å². The fraction of sp³-hybridized carbons (Fsp3) is 0.174. The van der Waals surface area contributed by atoms with Crippen LogP contribution in [0.15, 0.2) is 72.9 Å². The number of anilines is 1. The number of H-pyrrole nitrogens is 1. The summed E-state index contributed by atoms with van der Waals surface area (Å²) in [4.78, 5) is 25.2. The van der Waals surface area contributed by atoms with Crippen molar-refractivity contribution in [2.75, 3.05) is 11.9 Å². The van der Waals surface area contributed by atoms with Crippen LogP contribution in [0.1, 0.15) is 30.5 Å². The van der Waals surface area contributed by atoms with Gasteiger partial charge in [0.05, 0.1) is 12.8 Å². The summed E-state index contributed by atoms with van der Waals surface area (Å²) < 4.78 is 5.55. The first-order valence-corrected chi connectivity index (χ1v) is 9.72. The van der Waals surface area contributed by atoms with E-state index >= 15 is 0 Å². The first-order chi connectivity index (χ1) is 14.7. The van der Waals surface area contributed by atoms with Crippen LogP contribution in [0.4, 0.5) is 5.82 Å². The summed E-state index contributed by atoms with van der Waals surface area (Å²) in [6.07, 6.45) is 5.57. The minimum Gasteiger partial charge on any atom is -0.494 e. The second kappa shape index (κ2) is 10.6. The lowest BCUT2D eigenvalue weighted by Crippen LogP contribution is -2.36. The van der Waals surface area contributed by atoms with E-state index in [4.69, 9.17) is 4.74 Å². The average molecular weight is 404 g/mol. The van der Waals surface area contributed by atoms with Crippen molar-refractivity contribution in [3.8, 4) is 5.75 Å².